The number of Topliss-reactive ketones (excluding diaryl/α,β-unsaturated/α-hetero) is 1. The molecule has 3 heteroatoms. The summed E-state index contributed by atoms with van der Waals surface area (Å²) in [7, 11) is 1.87. The Balaban J connectivity index is 2.41. The molecule has 0 aliphatic rings. The molecule has 0 spiro atoms. The fourth-order valence-corrected chi connectivity index (χ4v) is 1.88. The van der Waals surface area contributed by atoms with Crippen LogP contribution in [0.4, 0.5) is 0 Å². The van der Waals surface area contributed by atoms with Gasteiger partial charge in [0.25, 0.3) is 0 Å². The third-order valence-corrected chi connectivity index (χ3v) is 2.78. The average molecular weight is 216 g/mol. The molecule has 84 valence electrons. The minimum Gasteiger partial charge on any atom is -0.292 e. The van der Waals surface area contributed by atoms with Crippen molar-refractivity contribution < 1.29 is 4.79 Å². The van der Waals surface area contributed by atoms with Crippen LogP contribution in [0, 0.1) is 0 Å². The van der Waals surface area contributed by atoms with E-state index in [0.717, 1.165) is 23.7 Å². The molecule has 0 saturated carbocycles. The first kappa shape index (κ1) is 10.9. The summed E-state index contributed by atoms with van der Waals surface area (Å²) in [5.74, 6) is 0.152. The van der Waals surface area contributed by atoms with E-state index in [9.17, 15) is 4.79 Å². The van der Waals surface area contributed by atoms with E-state index >= 15 is 0 Å². The first-order valence-electron chi connectivity index (χ1n) is 5.69. The summed E-state index contributed by atoms with van der Waals surface area (Å²) in [6, 6.07) is 7.85. The molecule has 3 nitrogen and oxygen atoms in total. The van der Waals surface area contributed by atoms with E-state index in [1.807, 2.05) is 31.3 Å². The minimum absolute atomic E-state index is 0.152. The Morgan fingerprint density at radius 1 is 1.38 bits per heavy atom. The third kappa shape index (κ3) is 1.85. The molecule has 0 aliphatic carbocycles. The van der Waals surface area contributed by atoms with Crippen LogP contribution in [0.2, 0.25) is 0 Å². The highest BCUT2D eigenvalue weighted by molar-refractivity contribution is 6.05. The van der Waals surface area contributed by atoms with Gasteiger partial charge < -0.3 is 0 Å². The van der Waals surface area contributed by atoms with E-state index in [4.69, 9.17) is 0 Å². The smallest absolute Gasteiger partial charge is 0.183 e. The summed E-state index contributed by atoms with van der Waals surface area (Å²) in [5, 5.41) is 5.27. The van der Waals surface area contributed by atoms with E-state index in [0.29, 0.717) is 12.1 Å². The molecule has 0 aliphatic heterocycles. The number of nitrogens with zero attached hydrogens (tertiary/aromatic N) is 2. The molecule has 1 aromatic heterocycles. The zero-order chi connectivity index (χ0) is 11.5. The van der Waals surface area contributed by atoms with Crippen LogP contribution in [0.1, 0.15) is 36.7 Å². The Hall–Kier alpha value is -1.64. The van der Waals surface area contributed by atoms with E-state index in [-0.39, 0.29) is 5.78 Å². The Labute approximate surface area is 95.1 Å². The van der Waals surface area contributed by atoms with Crippen molar-refractivity contribution in [3.8, 4) is 0 Å². The second kappa shape index (κ2) is 4.47. The van der Waals surface area contributed by atoms with Crippen molar-refractivity contribution in [1.29, 1.82) is 0 Å². The van der Waals surface area contributed by atoms with Gasteiger partial charge in [-0.15, -0.1) is 0 Å². The third-order valence-electron chi connectivity index (χ3n) is 2.78. The maximum absolute atomic E-state index is 12.0. The molecule has 0 atom stereocenters. The Morgan fingerprint density at radius 3 is 2.88 bits per heavy atom. The van der Waals surface area contributed by atoms with Gasteiger partial charge in [0.1, 0.15) is 5.69 Å². The number of aryl methyl sites for hydroxylation is 1. The molecule has 0 amide bonds. The van der Waals surface area contributed by atoms with Gasteiger partial charge in [-0.3, -0.25) is 9.48 Å². The van der Waals surface area contributed by atoms with Crippen LogP contribution in [0.25, 0.3) is 10.9 Å². The number of para-hydroxylation sites is 1. The van der Waals surface area contributed by atoms with Crippen molar-refractivity contribution in [3.63, 3.8) is 0 Å². The van der Waals surface area contributed by atoms with Gasteiger partial charge in [0, 0.05) is 18.9 Å². The van der Waals surface area contributed by atoms with Gasteiger partial charge >= 0.3 is 0 Å². The highest BCUT2D eigenvalue weighted by Crippen LogP contribution is 2.19. The second-order valence-corrected chi connectivity index (χ2v) is 4.02. The maximum Gasteiger partial charge on any atom is 0.183 e. The molecule has 0 fully saturated rings. The van der Waals surface area contributed by atoms with Gasteiger partial charge in [-0.2, -0.15) is 5.10 Å². The lowest BCUT2D eigenvalue weighted by molar-refractivity contribution is 0.0976. The minimum atomic E-state index is 0.152. The number of aromatic nitrogens is 2. The molecule has 0 unspecified atom stereocenters. The summed E-state index contributed by atoms with van der Waals surface area (Å²) >= 11 is 0. The monoisotopic (exact) mass is 216 g/mol. The Morgan fingerprint density at radius 2 is 2.12 bits per heavy atom. The Bertz CT molecular complexity index is 514. The van der Waals surface area contributed by atoms with E-state index in [1.54, 1.807) is 4.68 Å². The number of hydrogen-bond acceptors (Lipinski definition) is 2. The van der Waals surface area contributed by atoms with Crippen LogP contribution in [0.15, 0.2) is 24.3 Å². The molecule has 0 radical (unpaired) electrons. The van der Waals surface area contributed by atoms with Gasteiger partial charge in [0.05, 0.1) is 5.52 Å². The lowest BCUT2D eigenvalue weighted by Gasteiger charge is -1.95. The maximum atomic E-state index is 12.0. The average Bonchev–Trinajstić information content (AvgIpc) is 2.65. The fraction of sp³-hybridized carbons (Fsp3) is 0.385. The molecule has 2 aromatic rings. The van der Waals surface area contributed by atoms with Crippen LogP contribution < -0.4 is 0 Å². The number of carbonyl (C=O) groups is 1. The van der Waals surface area contributed by atoms with Crippen LogP contribution in [0.5, 0.6) is 0 Å². The number of benzene rings is 1. The van der Waals surface area contributed by atoms with E-state index in [1.165, 1.54) is 0 Å². The number of unbranched alkanes of at least 4 members (excludes halogenated alkanes) is 1. The van der Waals surface area contributed by atoms with E-state index < -0.39 is 0 Å². The summed E-state index contributed by atoms with van der Waals surface area (Å²) < 4.78 is 1.77. The molecular formula is C13H16N2O. The number of rotatable bonds is 4. The predicted molar refractivity (Wildman–Crippen MR) is 64.6 cm³/mol. The lowest BCUT2D eigenvalue weighted by Crippen LogP contribution is -2.01. The number of carbonyl (C=O) groups excluding carboxylic acids is 1. The predicted octanol–water partition coefficient (Wildman–Crippen LogP) is 2.95. The zero-order valence-corrected chi connectivity index (χ0v) is 9.73. The van der Waals surface area contributed by atoms with Gasteiger partial charge in [-0.25, -0.2) is 0 Å². The van der Waals surface area contributed by atoms with Gasteiger partial charge in [0.15, 0.2) is 5.78 Å². The van der Waals surface area contributed by atoms with Crippen molar-refractivity contribution in [3.05, 3.63) is 30.0 Å². The molecule has 0 bridgehead atoms. The fourth-order valence-electron chi connectivity index (χ4n) is 1.88. The molecule has 2 rings (SSSR count). The van der Waals surface area contributed by atoms with Crippen molar-refractivity contribution >= 4 is 16.7 Å². The van der Waals surface area contributed by atoms with Crippen LogP contribution in [-0.4, -0.2) is 15.6 Å². The summed E-state index contributed by atoms with van der Waals surface area (Å²) in [4.78, 5) is 12.0. The Kier molecular flexibility index (Phi) is 3.04. The summed E-state index contributed by atoms with van der Waals surface area (Å²) in [6.07, 6.45) is 2.57. The van der Waals surface area contributed by atoms with Gasteiger partial charge in [0.2, 0.25) is 0 Å². The van der Waals surface area contributed by atoms with Crippen LogP contribution in [0.3, 0.4) is 0 Å². The molecule has 0 saturated heterocycles. The van der Waals surface area contributed by atoms with E-state index in [2.05, 4.69) is 12.0 Å². The van der Waals surface area contributed by atoms with Gasteiger partial charge in [-0.1, -0.05) is 31.5 Å². The topological polar surface area (TPSA) is 34.9 Å². The van der Waals surface area contributed by atoms with Crippen LogP contribution >= 0.6 is 0 Å². The molecule has 0 N–H and O–H groups in total. The van der Waals surface area contributed by atoms with Crippen LogP contribution in [-0.2, 0) is 7.05 Å². The first-order valence-corrected chi connectivity index (χ1v) is 5.69. The molecular weight excluding hydrogens is 200 g/mol. The van der Waals surface area contributed by atoms with Gasteiger partial charge in [-0.05, 0) is 12.5 Å². The first-order chi connectivity index (χ1) is 7.74. The zero-order valence-electron chi connectivity index (χ0n) is 9.73. The summed E-state index contributed by atoms with van der Waals surface area (Å²) in [5.41, 5.74) is 1.63. The second-order valence-electron chi connectivity index (χ2n) is 4.02. The van der Waals surface area contributed by atoms with Crippen molar-refractivity contribution in [2.24, 2.45) is 7.05 Å². The quantitative estimate of drug-likeness (QED) is 0.736. The molecule has 1 aromatic carbocycles. The highest BCUT2D eigenvalue weighted by Gasteiger charge is 2.14. The number of fused-ring (bicyclic) bond motifs is 1. The number of hydrogen-bond donors (Lipinski definition) is 0. The molecule has 16 heavy (non-hydrogen) atoms. The lowest BCUT2D eigenvalue weighted by atomic mass is 10.1. The molecule has 1 heterocycles. The van der Waals surface area contributed by atoms with Crippen molar-refractivity contribution in [2.45, 2.75) is 26.2 Å². The number of ketones is 1. The largest absolute Gasteiger partial charge is 0.292 e. The standard InChI is InChI=1S/C13H16N2O/c1-3-4-9-12(16)13-10-7-5-6-8-11(10)15(2)14-13/h5-8H,3-4,9H2,1-2H3. The normalized spacial score (nSPS) is 10.9. The van der Waals surface area contributed by atoms with Crippen molar-refractivity contribution in [2.75, 3.05) is 0 Å². The SMILES string of the molecule is CCCCC(=O)c1nn(C)c2ccccc12. The van der Waals surface area contributed by atoms with Crippen molar-refractivity contribution in [1.82, 2.24) is 9.78 Å². The highest BCUT2D eigenvalue weighted by atomic mass is 16.1. The summed E-state index contributed by atoms with van der Waals surface area (Å²) in [6.45, 7) is 2.09.